The molecule has 0 spiro atoms. The number of rotatable bonds is 5. The van der Waals surface area contributed by atoms with Crippen LogP contribution in [0.25, 0.3) is 0 Å². The Morgan fingerprint density at radius 2 is 1.81 bits per heavy atom. The Hall–Kier alpha value is -1.15. The van der Waals surface area contributed by atoms with Gasteiger partial charge in [-0.15, -0.1) is 0 Å². The van der Waals surface area contributed by atoms with E-state index in [2.05, 4.69) is 42.9 Å². The molecule has 0 unspecified atom stereocenters. The highest BCUT2D eigenvalue weighted by atomic mass is 32.2. The molecule has 0 bridgehead atoms. The number of unbranched alkanes of at least 4 members (excludes halogenated alkanes) is 1. The zero-order valence-electron chi connectivity index (χ0n) is 12.1. The maximum Gasteiger partial charge on any atom is 0.485 e. The number of aryl methyl sites for hydroxylation is 2. The second-order valence-electron chi connectivity index (χ2n) is 4.45. The molecule has 0 aliphatic rings. The lowest BCUT2D eigenvalue weighted by molar-refractivity contribution is -0.697. The van der Waals surface area contributed by atoms with Gasteiger partial charge in [-0.1, -0.05) is 20.3 Å². The summed E-state index contributed by atoms with van der Waals surface area (Å²) in [6, 6.07) is 4.38. The van der Waals surface area contributed by atoms with Gasteiger partial charge in [-0.25, -0.2) is 13.0 Å². The standard InChI is InChI=1S/C12H20N.CHF3O3S/c1-3-5-7-12-8-6-10-13(11-12)9-4-2;2-1(3,4)8(5,6)7/h6,8,10-11H,3-5,7,9H2,1-2H3;(H,5,6,7)/q+1;/p-1. The summed E-state index contributed by atoms with van der Waals surface area (Å²) in [5.41, 5.74) is -4.18. The van der Waals surface area contributed by atoms with Gasteiger partial charge in [-0.2, -0.15) is 13.2 Å². The van der Waals surface area contributed by atoms with Gasteiger partial charge in [0.15, 0.2) is 22.5 Å². The van der Waals surface area contributed by atoms with Crippen molar-refractivity contribution in [1.82, 2.24) is 0 Å². The number of hydrogen-bond acceptors (Lipinski definition) is 3. The second kappa shape index (κ2) is 8.99. The molecule has 1 rings (SSSR count). The molecule has 0 atom stereocenters. The van der Waals surface area contributed by atoms with Crippen molar-refractivity contribution >= 4 is 10.1 Å². The summed E-state index contributed by atoms with van der Waals surface area (Å²) in [5.74, 6) is 0. The van der Waals surface area contributed by atoms with Gasteiger partial charge >= 0.3 is 5.51 Å². The molecule has 122 valence electrons. The predicted molar refractivity (Wildman–Crippen MR) is 71.3 cm³/mol. The van der Waals surface area contributed by atoms with Crippen LogP contribution in [0.4, 0.5) is 13.2 Å². The average molecular weight is 327 g/mol. The summed E-state index contributed by atoms with van der Waals surface area (Å²) in [7, 11) is -6.09. The Balaban J connectivity index is 0.000000433. The SMILES string of the molecule is CCCCc1ccc[n+](CCC)c1.O=S(=O)([O-])C(F)(F)F. The van der Waals surface area contributed by atoms with Crippen LogP contribution in [-0.2, 0) is 23.1 Å². The van der Waals surface area contributed by atoms with Gasteiger partial charge in [0, 0.05) is 18.1 Å². The molecule has 21 heavy (non-hydrogen) atoms. The fourth-order valence-corrected chi connectivity index (χ4v) is 1.50. The molecule has 0 aliphatic carbocycles. The molecule has 0 aliphatic heterocycles. The first-order valence-electron chi connectivity index (χ1n) is 6.62. The molecule has 1 aromatic heterocycles. The normalized spacial score (nSPS) is 11.7. The highest BCUT2D eigenvalue weighted by molar-refractivity contribution is 7.86. The first kappa shape index (κ1) is 19.9. The fraction of sp³-hybridized carbons (Fsp3) is 0.615. The van der Waals surface area contributed by atoms with Crippen LogP contribution >= 0.6 is 0 Å². The van der Waals surface area contributed by atoms with E-state index in [1.807, 2.05) is 0 Å². The summed E-state index contributed by atoms with van der Waals surface area (Å²) >= 11 is 0. The van der Waals surface area contributed by atoms with Crippen molar-refractivity contribution < 1.29 is 30.7 Å². The Bertz CT molecular complexity index is 516. The molecule has 0 N–H and O–H groups in total. The third-order valence-electron chi connectivity index (χ3n) is 2.50. The minimum absolute atomic E-state index is 1.14. The molecule has 0 fully saturated rings. The average Bonchev–Trinajstić information content (AvgIpc) is 2.35. The van der Waals surface area contributed by atoms with Gasteiger partial charge in [-0.3, -0.25) is 0 Å². The smallest absolute Gasteiger partial charge is 0.485 e. The Morgan fingerprint density at radius 1 is 1.24 bits per heavy atom. The predicted octanol–water partition coefficient (Wildman–Crippen LogP) is 2.78. The molecule has 1 heterocycles. The van der Waals surface area contributed by atoms with Crippen LogP contribution < -0.4 is 4.57 Å². The maximum atomic E-state index is 10.7. The molecule has 0 saturated heterocycles. The van der Waals surface area contributed by atoms with E-state index in [0.29, 0.717) is 0 Å². The van der Waals surface area contributed by atoms with Gasteiger partial charge < -0.3 is 4.55 Å². The highest BCUT2D eigenvalue weighted by Gasteiger charge is 2.36. The molecule has 0 aromatic carbocycles. The van der Waals surface area contributed by atoms with Crippen LogP contribution in [0.3, 0.4) is 0 Å². The lowest BCUT2D eigenvalue weighted by Gasteiger charge is -2.08. The summed E-state index contributed by atoms with van der Waals surface area (Å²) in [4.78, 5) is 0. The zero-order valence-corrected chi connectivity index (χ0v) is 12.9. The van der Waals surface area contributed by atoms with E-state index in [-0.39, 0.29) is 0 Å². The van der Waals surface area contributed by atoms with Crippen molar-refractivity contribution in [3.8, 4) is 0 Å². The van der Waals surface area contributed by atoms with Crippen LogP contribution in [0.1, 0.15) is 38.7 Å². The second-order valence-corrected chi connectivity index (χ2v) is 5.82. The van der Waals surface area contributed by atoms with Gasteiger partial charge in [0.05, 0.1) is 0 Å². The van der Waals surface area contributed by atoms with E-state index in [9.17, 15) is 13.2 Å². The van der Waals surface area contributed by atoms with Crippen molar-refractivity contribution in [3.63, 3.8) is 0 Å². The van der Waals surface area contributed by atoms with Crippen LogP contribution in [0.2, 0.25) is 0 Å². The third-order valence-corrected chi connectivity index (χ3v) is 3.07. The lowest BCUT2D eigenvalue weighted by Crippen LogP contribution is -2.32. The number of nitrogens with zero attached hydrogens (tertiary/aromatic N) is 1. The minimum Gasteiger partial charge on any atom is -0.741 e. The van der Waals surface area contributed by atoms with Crippen molar-refractivity contribution in [2.75, 3.05) is 0 Å². The Labute approximate surface area is 123 Å². The van der Waals surface area contributed by atoms with E-state index < -0.39 is 15.6 Å². The largest absolute Gasteiger partial charge is 0.741 e. The van der Waals surface area contributed by atoms with Crippen molar-refractivity contribution in [3.05, 3.63) is 30.1 Å². The number of hydrogen-bond donors (Lipinski definition) is 0. The highest BCUT2D eigenvalue weighted by Crippen LogP contribution is 2.20. The van der Waals surface area contributed by atoms with E-state index in [4.69, 9.17) is 13.0 Å². The number of alkyl halides is 3. The monoisotopic (exact) mass is 327 g/mol. The van der Waals surface area contributed by atoms with E-state index in [1.165, 1.54) is 31.2 Å². The minimum atomic E-state index is -6.09. The molecular formula is C13H20F3NO3S. The van der Waals surface area contributed by atoms with Crippen molar-refractivity contribution in [1.29, 1.82) is 0 Å². The summed E-state index contributed by atoms with van der Waals surface area (Å²) in [6.45, 7) is 5.59. The quantitative estimate of drug-likeness (QED) is 0.475. The maximum absolute atomic E-state index is 10.7. The van der Waals surface area contributed by atoms with Gasteiger partial charge in [0.1, 0.15) is 6.54 Å². The van der Waals surface area contributed by atoms with Crippen LogP contribution in [0.5, 0.6) is 0 Å². The van der Waals surface area contributed by atoms with Crippen LogP contribution in [0.15, 0.2) is 24.5 Å². The molecule has 0 radical (unpaired) electrons. The molecule has 8 heteroatoms. The van der Waals surface area contributed by atoms with Crippen molar-refractivity contribution in [2.45, 2.75) is 51.6 Å². The van der Waals surface area contributed by atoms with Crippen molar-refractivity contribution in [2.24, 2.45) is 0 Å². The lowest BCUT2D eigenvalue weighted by atomic mass is 10.1. The van der Waals surface area contributed by atoms with Gasteiger partial charge in [0.25, 0.3) is 0 Å². The molecule has 0 saturated carbocycles. The van der Waals surface area contributed by atoms with Gasteiger partial charge in [0.2, 0.25) is 0 Å². The van der Waals surface area contributed by atoms with Gasteiger partial charge in [-0.05, 0) is 18.9 Å². The fourth-order valence-electron chi connectivity index (χ4n) is 1.50. The number of aromatic nitrogens is 1. The first-order chi connectivity index (χ1) is 9.61. The third kappa shape index (κ3) is 8.67. The van der Waals surface area contributed by atoms with E-state index in [0.717, 1.165) is 6.54 Å². The molecule has 0 amide bonds. The van der Waals surface area contributed by atoms with E-state index in [1.54, 1.807) is 0 Å². The van der Waals surface area contributed by atoms with E-state index >= 15 is 0 Å². The summed E-state index contributed by atoms with van der Waals surface area (Å²) < 4.78 is 61.2. The first-order valence-corrected chi connectivity index (χ1v) is 8.02. The molecular weight excluding hydrogens is 307 g/mol. The zero-order chi connectivity index (χ0) is 16.5. The summed E-state index contributed by atoms with van der Waals surface area (Å²) in [6.07, 6.45) is 9.44. The summed E-state index contributed by atoms with van der Waals surface area (Å²) in [5, 5.41) is 0. The van der Waals surface area contributed by atoms with Crippen LogP contribution in [0, 0.1) is 0 Å². The van der Waals surface area contributed by atoms with Crippen LogP contribution in [-0.4, -0.2) is 18.5 Å². The number of halogens is 3. The molecule has 1 aromatic rings. The Morgan fingerprint density at radius 3 is 2.24 bits per heavy atom. The number of pyridine rings is 1. The Kier molecular flexibility index (Phi) is 8.50. The topological polar surface area (TPSA) is 61.1 Å². The molecule has 4 nitrogen and oxygen atoms in total.